The molecule has 1 N–H and O–H groups in total. The molecular formula is C14H21NO2. The van der Waals surface area contributed by atoms with Crippen molar-refractivity contribution in [2.75, 3.05) is 20.2 Å². The molecule has 0 aliphatic rings. The van der Waals surface area contributed by atoms with E-state index < -0.39 is 0 Å². The minimum atomic E-state index is -0.125. The molecular weight excluding hydrogens is 214 g/mol. The largest absolute Gasteiger partial charge is 0.469 e. The second kappa shape index (κ2) is 7.85. The molecule has 1 unspecified atom stereocenters. The molecule has 0 aromatic heterocycles. The van der Waals surface area contributed by atoms with Gasteiger partial charge in [0.05, 0.1) is 13.0 Å². The Hall–Kier alpha value is -1.35. The molecule has 0 fully saturated rings. The van der Waals surface area contributed by atoms with Gasteiger partial charge in [0.25, 0.3) is 0 Å². The van der Waals surface area contributed by atoms with Gasteiger partial charge in [-0.1, -0.05) is 37.3 Å². The van der Waals surface area contributed by atoms with E-state index in [1.54, 1.807) is 0 Å². The molecule has 0 spiro atoms. The van der Waals surface area contributed by atoms with Crippen LogP contribution < -0.4 is 5.32 Å². The molecule has 0 heterocycles. The van der Waals surface area contributed by atoms with E-state index in [0.29, 0.717) is 6.54 Å². The lowest BCUT2D eigenvalue weighted by molar-refractivity contribution is -0.145. The number of esters is 1. The Morgan fingerprint density at radius 1 is 1.35 bits per heavy atom. The Kier molecular flexibility index (Phi) is 6.33. The Bertz CT molecular complexity index is 324. The standard InChI is InChI=1S/C14H21NO2/c1-3-13(14(16)17-2)11-15-10-9-12-7-5-4-6-8-12/h4-8,13,15H,3,9-11H2,1-2H3. The molecule has 0 amide bonds. The van der Waals surface area contributed by atoms with Gasteiger partial charge < -0.3 is 10.1 Å². The first-order chi connectivity index (χ1) is 8.27. The molecule has 1 atom stereocenters. The maximum Gasteiger partial charge on any atom is 0.309 e. The predicted octanol–water partition coefficient (Wildman–Crippen LogP) is 2.02. The molecule has 3 heteroatoms. The van der Waals surface area contributed by atoms with Crippen LogP contribution in [-0.2, 0) is 16.0 Å². The van der Waals surface area contributed by atoms with Crippen molar-refractivity contribution >= 4 is 5.97 Å². The fourth-order valence-corrected chi connectivity index (χ4v) is 1.71. The first-order valence-corrected chi connectivity index (χ1v) is 6.10. The average Bonchev–Trinajstić information content (AvgIpc) is 2.39. The van der Waals surface area contributed by atoms with Crippen LogP contribution in [0.25, 0.3) is 0 Å². The minimum absolute atomic E-state index is 0.0317. The van der Waals surface area contributed by atoms with Crippen LogP contribution >= 0.6 is 0 Å². The van der Waals surface area contributed by atoms with E-state index in [4.69, 9.17) is 4.74 Å². The summed E-state index contributed by atoms with van der Waals surface area (Å²) in [6.07, 6.45) is 1.80. The highest BCUT2D eigenvalue weighted by molar-refractivity contribution is 5.72. The van der Waals surface area contributed by atoms with E-state index in [1.165, 1.54) is 12.7 Å². The van der Waals surface area contributed by atoms with Gasteiger partial charge in [0.2, 0.25) is 0 Å². The van der Waals surface area contributed by atoms with Crippen molar-refractivity contribution in [2.24, 2.45) is 5.92 Å². The van der Waals surface area contributed by atoms with Crippen LogP contribution in [0.5, 0.6) is 0 Å². The summed E-state index contributed by atoms with van der Waals surface area (Å²) in [6.45, 7) is 3.58. The summed E-state index contributed by atoms with van der Waals surface area (Å²) < 4.78 is 4.74. The molecule has 0 saturated heterocycles. The molecule has 0 radical (unpaired) electrons. The maximum absolute atomic E-state index is 11.3. The summed E-state index contributed by atoms with van der Waals surface area (Å²) >= 11 is 0. The van der Waals surface area contributed by atoms with Gasteiger partial charge in [-0.2, -0.15) is 0 Å². The lowest BCUT2D eigenvalue weighted by Crippen LogP contribution is -2.30. The third-order valence-electron chi connectivity index (χ3n) is 2.85. The lowest BCUT2D eigenvalue weighted by Gasteiger charge is -2.13. The topological polar surface area (TPSA) is 38.3 Å². The Morgan fingerprint density at radius 2 is 2.06 bits per heavy atom. The van der Waals surface area contributed by atoms with Gasteiger partial charge >= 0.3 is 5.97 Å². The highest BCUT2D eigenvalue weighted by Gasteiger charge is 2.15. The fourth-order valence-electron chi connectivity index (χ4n) is 1.71. The number of carbonyl (C=O) groups is 1. The van der Waals surface area contributed by atoms with Crippen molar-refractivity contribution < 1.29 is 9.53 Å². The Labute approximate surface area is 103 Å². The summed E-state index contributed by atoms with van der Waals surface area (Å²) in [6, 6.07) is 10.3. The summed E-state index contributed by atoms with van der Waals surface area (Å²) in [5.74, 6) is -0.157. The molecule has 1 aromatic rings. The normalized spacial score (nSPS) is 12.1. The number of nitrogens with one attached hydrogen (secondary N) is 1. The number of benzene rings is 1. The van der Waals surface area contributed by atoms with E-state index in [9.17, 15) is 4.79 Å². The summed E-state index contributed by atoms with van der Waals surface area (Å²) in [4.78, 5) is 11.3. The van der Waals surface area contributed by atoms with Gasteiger partial charge in [-0.15, -0.1) is 0 Å². The van der Waals surface area contributed by atoms with Crippen molar-refractivity contribution in [3.63, 3.8) is 0 Å². The maximum atomic E-state index is 11.3. The molecule has 1 aromatic carbocycles. The third kappa shape index (κ3) is 5.00. The summed E-state index contributed by atoms with van der Waals surface area (Å²) in [5, 5.41) is 3.30. The Balaban J connectivity index is 2.21. The van der Waals surface area contributed by atoms with Crippen LogP contribution in [0.3, 0.4) is 0 Å². The number of carbonyl (C=O) groups excluding carboxylic acids is 1. The van der Waals surface area contributed by atoms with Crippen LogP contribution in [0, 0.1) is 5.92 Å². The number of rotatable bonds is 7. The van der Waals surface area contributed by atoms with Crippen LogP contribution in [0.4, 0.5) is 0 Å². The van der Waals surface area contributed by atoms with Gasteiger partial charge in [0, 0.05) is 6.54 Å². The first-order valence-electron chi connectivity index (χ1n) is 6.10. The number of ether oxygens (including phenoxy) is 1. The van der Waals surface area contributed by atoms with Crippen molar-refractivity contribution in [3.8, 4) is 0 Å². The predicted molar refractivity (Wildman–Crippen MR) is 68.8 cm³/mol. The van der Waals surface area contributed by atoms with Crippen molar-refractivity contribution in [3.05, 3.63) is 35.9 Å². The smallest absolute Gasteiger partial charge is 0.309 e. The van der Waals surface area contributed by atoms with Crippen molar-refractivity contribution in [1.82, 2.24) is 5.32 Å². The monoisotopic (exact) mass is 235 g/mol. The summed E-state index contributed by atoms with van der Waals surface area (Å²) in [5.41, 5.74) is 1.31. The third-order valence-corrected chi connectivity index (χ3v) is 2.85. The van der Waals surface area contributed by atoms with E-state index in [-0.39, 0.29) is 11.9 Å². The number of hydrogen-bond donors (Lipinski definition) is 1. The molecule has 0 aliphatic heterocycles. The zero-order valence-corrected chi connectivity index (χ0v) is 10.6. The lowest BCUT2D eigenvalue weighted by atomic mass is 10.1. The average molecular weight is 235 g/mol. The second-order valence-corrected chi connectivity index (χ2v) is 4.07. The van der Waals surface area contributed by atoms with Crippen LogP contribution in [0.2, 0.25) is 0 Å². The number of methoxy groups -OCH3 is 1. The minimum Gasteiger partial charge on any atom is -0.469 e. The van der Waals surface area contributed by atoms with E-state index in [0.717, 1.165) is 19.4 Å². The van der Waals surface area contributed by atoms with Crippen LogP contribution in [0.15, 0.2) is 30.3 Å². The quantitative estimate of drug-likeness (QED) is 0.580. The Morgan fingerprint density at radius 3 is 2.65 bits per heavy atom. The fraction of sp³-hybridized carbons (Fsp3) is 0.500. The molecule has 3 nitrogen and oxygen atoms in total. The molecule has 17 heavy (non-hydrogen) atoms. The highest BCUT2D eigenvalue weighted by atomic mass is 16.5. The zero-order valence-electron chi connectivity index (χ0n) is 10.6. The molecule has 0 aliphatic carbocycles. The zero-order chi connectivity index (χ0) is 12.5. The highest BCUT2D eigenvalue weighted by Crippen LogP contribution is 2.03. The SMILES string of the molecule is CCC(CNCCc1ccccc1)C(=O)OC. The summed E-state index contributed by atoms with van der Waals surface area (Å²) in [7, 11) is 1.44. The molecule has 0 saturated carbocycles. The second-order valence-electron chi connectivity index (χ2n) is 4.07. The van der Waals surface area contributed by atoms with Gasteiger partial charge in [-0.25, -0.2) is 0 Å². The molecule has 1 rings (SSSR count). The molecule has 0 bridgehead atoms. The van der Waals surface area contributed by atoms with Gasteiger partial charge in [0.15, 0.2) is 0 Å². The van der Waals surface area contributed by atoms with Crippen molar-refractivity contribution in [2.45, 2.75) is 19.8 Å². The van der Waals surface area contributed by atoms with Crippen LogP contribution in [0.1, 0.15) is 18.9 Å². The van der Waals surface area contributed by atoms with E-state index >= 15 is 0 Å². The number of hydrogen-bond acceptors (Lipinski definition) is 3. The van der Waals surface area contributed by atoms with Gasteiger partial charge in [0.1, 0.15) is 0 Å². The van der Waals surface area contributed by atoms with Gasteiger partial charge in [-0.05, 0) is 24.9 Å². The van der Waals surface area contributed by atoms with Crippen LogP contribution in [-0.4, -0.2) is 26.2 Å². The van der Waals surface area contributed by atoms with Gasteiger partial charge in [-0.3, -0.25) is 4.79 Å². The van der Waals surface area contributed by atoms with E-state index in [2.05, 4.69) is 17.4 Å². The van der Waals surface area contributed by atoms with Crippen molar-refractivity contribution in [1.29, 1.82) is 0 Å². The van der Waals surface area contributed by atoms with E-state index in [1.807, 2.05) is 25.1 Å². The first kappa shape index (κ1) is 13.7. The molecule has 94 valence electrons.